The van der Waals surface area contributed by atoms with Crippen LogP contribution in [0.1, 0.15) is 11.3 Å². The number of rotatable bonds is 3. The summed E-state index contributed by atoms with van der Waals surface area (Å²) in [6, 6.07) is 13.8. The number of pyridine rings is 1. The van der Waals surface area contributed by atoms with Crippen LogP contribution in [0.15, 0.2) is 64.5 Å². The van der Waals surface area contributed by atoms with Gasteiger partial charge in [-0.3, -0.25) is 14.4 Å². The first-order valence-corrected chi connectivity index (χ1v) is 9.75. The summed E-state index contributed by atoms with van der Waals surface area (Å²) in [5, 5.41) is 1.19. The van der Waals surface area contributed by atoms with E-state index in [0.29, 0.717) is 16.9 Å². The second kappa shape index (κ2) is 6.99. The number of halogens is 1. The first-order valence-electron chi connectivity index (χ1n) is 9.75. The smallest absolute Gasteiger partial charge is 0.255 e. The van der Waals surface area contributed by atoms with Crippen LogP contribution >= 0.6 is 0 Å². The van der Waals surface area contributed by atoms with Gasteiger partial charge in [0.2, 0.25) is 0 Å². The summed E-state index contributed by atoms with van der Waals surface area (Å²) >= 11 is 0. The van der Waals surface area contributed by atoms with E-state index in [4.69, 9.17) is 4.74 Å². The molecule has 0 fully saturated rings. The number of nitrogens with zero attached hydrogens (tertiary/aromatic N) is 3. The molecule has 0 aliphatic carbocycles. The third kappa shape index (κ3) is 2.84. The van der Waals surface area contributed by atoms with Crippen LogP contribution in [0, 0.1) is 5.82 Å². The van der Waals surface area contributed by atoms with Crippen molar-refractivity contribution in [2.24, 2.45) is 12.0 Å². The summed E-state index contributed by atoms with van der Waals surface area (Å²) in [6.07, 6.45) is 4.53. The Labute approximate surface area is 172 Å². The van der Waals surface area contributed by atoms with Gasteiger partial charge >= 0.3 is 0 Å². The Morgan fingerprint density at radius 3 is 2.73 bits per heavy atom. The number of fused-ring (bicyclic) bond motifs is 3. The van der Waals surface area contributed by atoms with E-state index in [1.807, 2.05) is 25.4 Å². The number of benzene rings is 2. The Balaban J connectivity index is 1.58. The average molecular weight is 401 g/mol. The van der Waals surface area contributed by atoms with Crippen LogP contribution in [0.3, 0.4) is 0 Å². The fourth-order valence-electron chi connectivity index (χ4n) is 4.14. The van der Waals surface area contributed by atoms with Crippen molar-refractivity contribution in [2.45, 2.75) is 6.42 Å². The molecule has 0 saturated heterocycles. The zero-order valence-corrected chi connectivity index (χ0v) is 16.7. The van der Waals surface area contributed by atoms with Crippen molar-refractivity contribution in [1.82, 2.24) is 9.13 Å². The lowest BCUT2D eigenvalue weighted by Crippen LogP contribution is -2.16. The molecule has 30 heavy (non-hydrogen) atoms. The Hall–Kier alpha value is -3.67. The molecule has 0 amide bonds. The third-order valence-corrected chi connectivity index (χ3v) is 5.73. The van der Waals surface area contributed by atoms with Crippen molar-refractivity contribution in [2.75, 3.05) is 13.7 Å². The van der Waals surface area contributed by atoms with Crippen LogP contribution < -0.4 is 10.3 Å². The van der Waals surface area contributed by atoms with E-state index in [1.54, 1.807) is 29.0 Å². The molecule has 1 aliphatic rings. The lowest BCUT2D eigenvalue weighted by Gasteiger charge is -2.10. The normalized spacial score (nSPS) is 12.9. The van der Waals surface area contributed by atoms with Crippen molar-refractivity contribution in [3.63, 3.8) is 0 Å². The molecule has 2 aromatic heterocycles. The highest BCUT2D eigenvalue weighted by atomic mass is 19.1. The van der Waals surface area contributed by atoms with E-state index in [0.717, 1.165) is 29.9 Å². The Kier molecular flexibility index (Phi) is 4.28. The molecule has 0 radical (unpaired) electrons. The van der Waals surface area contributed by atoms with Crippen molar-refractivity contribution >= 4 is 17.1 Å². The predicted molar refractivity (Wildman–Crippen MR) is 117 cm³/mol. The number of ether oxygens (including phenoxy) is 1. The van der Waals surface area contributed by atoms with Gasteiger partial charge < -0.3 is 9.30 Å². The van der Waals surface area contributed by atoms with Crippen LogP contribution in [0.2, 0.25) is 0 Å². The number of methoxy groups -OCH3 is 1. The maximum absolute atomic E-state index is 14.4. The van der Waals surface area contributed by atoms with Crippen molar-refractivity contribution in [1.29, 1.82) is 0 Å². The van der Waals surface area contributed by atoms with Gasteiger partial charge in [-0.05, 0) is 47.9 Å². The average Bonchev–Trinajstić information content (AvgIpc) is 3.05. The van der Waals surface area contributed by atoms with Gasteiger partial charge in [0.05, 0.1) is 24.0 Å². The highest BCUT2D eigenvalue weighted by molar-refractivity contribution is 5.96. The maximum Gasteiger partial charge on any atom is 0.255 e. The van der Waals surface area contributed by atoms with Crippen LogP contribution in [0.25, 0.3) is 27.7 Å². The number of hydrogen-bond donors (Lipinski definition) is 0. The molecule has 5 nitrogen and oxygen atoms in total. The van der Waals surface area contributed by atoms with Crippen molar-refractivity contribution in [3.8, 4) is 22.6 Å². The van der Waals surface area contributed by atoms with E-state index in [9.17, 15) is 9.18 Å². The van der Waals surface area contributed by atoms with E-state index in [-0.39, 0.29) is 5.56 Å². The fourth-order valence-corrected chi connectivity index (χ4v) is 4.14. The first kappa shape index (κ1) is 18.4. The molecule has 4 aromatic rings. The van der Waals surface area contributed by atoms with E-state index in [1.165, 1.54) is 30.2 Å². The summed E-state index contributed by atoms with van der Waals surface area (Å²) in [4.78, 5) is 17.2. The van der Waals surface area contributed by atoms with Crippen LogP contribution in [0.4, 0.5) is 4.39 Å². The highest BCUT2D eigenvalue weighted by Gasteiger charge is 2.17. The number of hydrogen-bond acceptors (Lipinski definition) is 3. The Morgan fingerprint density at radius 1 is 1.10 bits per heavy atom. The number of aromatic nitrogens is 2. The summed E-state index contributed by atoms with van der Waals surface area (Å²) in [7, 11) is 3.50. The van der Waals surface area contributed by atoms with E-state index >= 15 is 0 Å². The summed E-state index contributed by atoms with van der Waals surface area (Å²) in [6.45, 7) is 0.802. The second-order valence-corrected chi connectivity index (χ2v) is 7.38. The predicted octanol–water partition coefficient (Wildman–Crippen LogP) is 4.12. The molecule has 0 N–H and O–H groups in total. The monoisotopic (exact) mass is 401 g/mol. The lowest BCUT2D eigenvalue weighted by molar-refractivity contribution is 0.411. The zero-order chi connectivity index (χ0) is 20.8. The van der Waals surface area contributed by atoms with Gasteiger partial charge in [-0.2, -0.15) is 0 Å². The molecule has 3 heterocycles. The number of aliphatic imine (C=N–C) groups is 1. The molecule has 0 spiro atoms. The van der Waals surface area contributed by atoms with Gasteiger partial charge in [-0.1, -0.05) is 6.07 Å². The van der Waals surface area contributed by atoms with Crippen molar-refractivity contribution < 1.29 is 9.13 Å². The van der Waals surface area contributed by atoms with Gasteiger partial charge in [0, 0.05) is 49.1 Å². The van der Waals surface area contributed by atoms with Crippen LogP contribution in [-0.4, -0.2) is 29.0 Å². The summed E-state index contributed by atoms with van der Waals surface area (Å²) < 4.78 is 23.1. The Bertz CT molecular complexity index is 1380. The van der Waals surface area contributed by atoms with Gasteiger partial charge in [-0.25, -0.2) is 4.39 Å². The minimum absolute atomic E-state index is 0.220. The molecule has 0 saturated carbocycles. The topological polar surface area (TPSA) is 48.5 Å². The SMILES string of the molecule is COc1ccc(-c2ccn(-c3ccc4c5c(n(C)c4c3)C=NCC5)c(=O)c2)c(F)c1. The first-order chi connectivity index (χ1) is 14.6. The zero-order valence-electron chi connectivity index (χ0n) is 16.7. The van der Waals surface area contributed by atoms with Gasteiger partial charge in [0.1, 0.15) is 11.6 Å². The van der Waals surface area contributed by atoms with Gasteiger partial charge in [0.15, 0.2) is 0 Å². The quantitative estimate of drug-likeness (QED) is 0.519. The summed E-state index contributed by atoms with van der Waals surface area (Å²) in [5.41, 5.74) is 4.92. The van der Waals surface area contributed by atoms with Gasteiger partial charge in [0.25, 0.3) is 5.56 Å². The second-order valence-electron chi connectivity index (χ2n) is 7.38. The third-order valence-electron chi connectivity index (χ3n) is 5.73. The minimum Gasteiger partial charge on any atom is -0.497 e. The molecule has 0 bridgehead atoms. The maximum atomic E-state index is 14.4. The van der Waals surface area contributed by atoms with E-state index in [2.05, 4.69) is 15.6 Å². The largest absolute Gasteiger partial charge is 0.497 e. The molecule has 0 atom stereocenters. The van der Waals surface area contributed by atoms with E-state index < -0.39 is 5.82 Å². The standard InChI is InChI=1S/C24H20FN3O2/c1-27-22-12-16(3-5-19(22)20-7-9-26-14-23(20)27)28-10-8-15(11-24(28)29)18-6-4-17(30-2)13-21(18)25/h3-6,8,10-14H,7,9H2,1-2H3. The fraction of sp³-hybridized carbons (Fsp3) is 0.167. The Morgan fingerprint density at radius 2 is 1.97 bits per heavy atom. The minimum atomic E-state index is -0.427. The van der Waals surface area contributed by atoms with Crippen LogP contribution in [-0.2, 0) is 13.5 Å². The number of aryl methyl sites for hydroxylation is 1. The molecule has 1 aliphatic heterocycles. The molecule has 150 valence electrons. The molecule has 0 unspecified atom stereocenters. The highest BCUT2D eigenvalue weighted by Crippen LogP contribution is 2.29. The van der Waals surface area contributed by atoms with Crippen molar-refractivity contribution in [3.05, 3.63) is 82.2 Å². The molecule has 6 heteroatoms. The summed E-state index contributed by atoms with van der Waals surface area (Å²) in [5.74, 6) is 0.0113. The van der Waals surface area contributed by atoms with Crippen LogP contribution in [0.5, 0.6) is 5.75 Å². The molecular formula is C24H20FN3O2. The molecule has 5 rings (SSSR count). The lowest BCUT2D eigenvalue weighted by atomic mass is 10.1. The molecular weight excluding hydrogens is 381 g/mol. The molecule has 2 aromatic carbocycles. The van der Waals surface area contributed by atoms with Gasteiger partial charge in [-0.15, -0.1) is 0 Å².